The molecule has 0 aliphatic rings. The van der Waals surface area contributed by atoms with Crippen molar-refractivity contribution in [2.45, 2.75) is 121 Å². The maximum Gasteiger partial charge on any atom is 0.294 e. The van der Waals surface area contributed by atoms with Crippen molar-refractivity contribution in [2.75, 3.05) is 0 Å². The van der Waals surface area contributed by atoms with Gasteiger partial charge in [-0.25, -0.2) is 0 Å². The summed E-state index contributed by atoms with van der Waals surface area (Å²) in [6.45, 7) is 2.27. The van der Waals surface area contributed by atoms with Crippen LogP contribution in [-0.4, -0.2) is 18.1 Å². The minimum absolute atomic E-state index is 0.0546. The molecule has 0 aliphatic carbocycles. The third-order valence-corrected chi connectivity index (χ3v) is 6.50. The maximum atomic E-state index is 11.1. The average molecular weight is 427 g/mol. The summed E-state index contributed by atoms with van der Waals surface area (Å²) in [6, 6.07) is 4.05. The van der Waals surface area contributed by atoms with E-state index in [4.69, 9.17) is 4.55 Å². The van der Waals surface area contributed by atoms with Crippen molar-refractivity contribution in [3.05, 3.63) is 23.8 Å². The lowest BCUT2D eigenvalue weighted by Crippen LogP contribution is -1.98. The molecule has 0 fully saturated rings. The van der Waals surface area contributed by atoms with Crippen LogP contribution in [0.25, 0.3) is 0 Å². The van der Waals surface area contributed by atoms with Crippen LogP contribution < -0.4 is 0 Å². The number of hydrogen-bond donors (Lipinski definition) is 2. The second-order valence-electron chi connectivity index (χ2n) is 8.32. The van der Waals surface area contributed by atoms with E-state index in [-0.39, 0.29) is 10.6 Å². The first-order chi connectivity index (χ1) is 13.9. The summed E-state index contributed by atoms with van der Waals surface area (Å²) in [5, 5.41) is 9.90. The van der Waals surface area contributed by atoms with Crippen LogP contribution in [0.5, 0.6) is 5.75 Å². The number of aromatic hydroxyl groups is 1. The standard InChI is InChI=1S/C24H42O4S/c1-2-3-4-5-6-7-8-9-10-11-12-13-14-15-16-17-18-22-19-20-23(21-24(22)25)29(26,27)28/h19-21,25H,2-18H2,1H3,(H,26,27,28). The van der Waals surface area contributed by atoms with Crippen LogP contribution in [0.4, 0.5) is 0 Å². The van der Waals surface area contributed by atoms with Crippen LogP contribution in [0.3, 0.4) is 0 Å². The van der Waals surface area contributed by atoms with E-state index < -0.39 is 10.1 Å². The van der Waals surface area contributed by atoms with E-state index in [0.29, 0.717) is 0 Å². The molecule has 5 heteroatoms. The number of aryl methyl sites for hydroxylation is 1. The van der Waals surface area contributed by atoms with Crippen LogP contribution in [0.2, 0.25) is 0 Å². The lowest BCUT2D eigenvalue weighted by molar-refractivity contribution is 0.459. The van der Waals surface area contributed by atoms with Gasteiger partial charge in [-0.05, 0) is 24.5 Å². The molecule has 168 valence electrons. The van der Waals surface area contributed by atoms with Gasteiger partial charge in [0, 0.05) is 6.07 Å². The lowest BCUT2D eigenvalue weighted by Gasteiger charge is -2.06. The van der Waals surface area contributed by atoms with Crippen molar-refractivity contribution in [3.8, 4) is 5.75 Å². The highest BCUT2D eigenvalue weighted by atomic mass is 32.2. The van der Waals surface area contributed by atoms with E-state index in [1.807, 2.05) is 0 Å². The number of benzene rings is 1. The zero-order valence-corrected chi connectivity index (χ0v) is 19.2. The van der Waals surface area contributed by atoms with E-state index in [0.717, 1.165) is 30.9 Å². The highest BCUT2D eigenvalue weighted by Gasteiger charge is 2.12. The van der Waals surface area contributed by atoms with E-state index in [1.165, 1.54) is 96.0 Å². The summed E-state index contributed by atoms with van der Waals surface area (Å²) in [6.07, 6.45) is 21.9. The largest absolute Gasteiger partial charge is 0.508 e. The molecule has 1 aromatic rings. The molecule has 0 aliphatic heterocycles. The fourth-order valence-electron chi connectivity index (χ4n) is 3.78. The Bertz CT molecular complexity index is 640. The molecule has 0 radical (unpaired) electrons. The molecule has 0 spiro atoms. The summed E-state index contributed by atoms with van der Waals surface area (Å²) in [7, 11) is -4.25. The van der Waals surface area contributed by atoms with Gasteiger partial charge in [-0.2, -0.15) is 8.42 Å². The fourth-order valence-corrected chi connectivity index (χ4v) is 4.28. The second-order valence-corrected chi connectivity index (χ2v) is 9.74. The van der Waals surface area contributed by atoms with Crippen LogP contribution in [0.15, 0.2) is 23.1 Å². The van der Waals surface area contributed by atoms with Gasteiger partial charge < -0.3 is 5.11 Å². The molecule has 0 unspecified atom stereocenters. The topological polar surface area (TPSA) is 74.6 Å². The van der Waals surface area contributed by atoms with Crippen LogP contribution in [0.1, 0.15) is 115 Å². The minimum Gasteiger partial charge on any atom is -0.508 e. The van der Waals surface area contributed by atoms with Crippen molar-refractivity contribution < 1.29 is 18.1 Å². The van der Waals surface area contributed by atoms with Gasteiger partial charge in [0.2, 0.25) is 0 Å². The van der Waals surface area contributed by atoms with Gasteiger partial charge in [0.1, 0.15) is 5.75 Å². The van der Waals surface area contributed by atoms with E-state index in [9.17, 15) is 13.5 Å². The molecule has 0 saturated heterocycles. The summed E-state index contributed by atoms with van der Waals surface area (Å²) >= 11 is 0. The highest BCUT2D eigenvalue weighted by molar-refractivity contribution is 7.85. The SMILES string of the molecule is CCCCCCCCCCCCCCCCCCc1ccc(S(=O)(=O)O)cc1O. The average Bonchev–Trinajstić information content (AvgIpc) is 2.68. The first kappa shape index (κ1) is 26.0. The minimum atomic E-state index is -4.25. The van der Waals surface area contributed by atoms with Crippen LogP contribution >= 0.6 is 0 Å². The Hall–Kier alpha value is -1.07. The number of phenols is 1. The van der Waals surface area contributed by atoms with E-state index in [2.05, 4.69) is 6.92 Å². The number of rotatable bonds is 18. The molecule has 0 atom stereocenters. The molecule has 29 heavy (non-hydrogen) atoms. The summed E-state index contributed by atoms with van der Waals surface area (Å²) in [5.74, 6) is -0.0546. The Kier molecular flexibility index (Phi) is 14.1. The molecule has 0 amide bonds. The van der Waals surface area contributed by atoms with Crippen molar-refractivity contribution in [2.24, 2.45) is 0 Å². The number of unbranched alkanes of at least 4 members (excludes halogenated alkanes) is 15. The molecule has 4 nitrogen and oxygen atoms in total. The highest BCUT2D eigenvalue weighted by Crippen LogP contribution is 2.23. The first-order valence-corrected chi connectivity index (χ1v) is 13.2. The zero-order valence-electron chi connectivity index (χ0n) is 18.4. The maximum absolute atomic E-state index is 11.1. The molecule has 2 N–H and O–H groups in total. The van der Waals surface area contributed by atoms with Gasteiger partial charge in [-0.1, -0.05) is 109 Å². The molecule has 1 aromatic carbocycles. The Balaban J connectivity index is 1.93. The predicted octanol–water partition coefficient (Wildman–Crippen LogP) is 7.44. The Labute approximate surface area is 178 Å². The Morgan fingerprint density at radius 3 is 1.48 bits per heavy atom. The van der Waals surface area contributed by atoms with Gasteiger partial charge in [-0.3, -0.25) is 4.55 Å². The second kappa shape index (κ2) is 15.7. The predicted molar refractivity (Wildman–Crippen MR) is 121 cm³/mol. The van der Waals surface area contributed by atoms with Crippen LogP contribution in [0, 0.1) is 0 Å². The van der Waals surface area contributed by atoms with Gasteiger partial charge in [0.15, 0.2) is 0 Å². The summed E-state index contributed by atoms with van der Waals surface area (Å²) in [4.78, 5) is -0.259. The van der Waals surface area contributed by atoms with Gasteiger partial charge >= 0.3 is 0 Å². The molecule has 0 heterocycles. The first-order valence-electron chi connectivity index (χ1n) is 11.7. The van der Waals surface area contributed by atoms with Gasteiger partial charge in [0.05, 0.1) is 4.90 Å². The van der Waals surface area contributed by atoms with Crippen molar-refractivity contribution in [1.29, 1.82) is 0 Å². The third kappa shape index (κ3) is 13.0. The molecular weight excluding hydrogens is 384 g/mol. The van der Waals surface area contributed by atoms with Gasteiger partial charge in [0.25, 0.3) is 10.1 Å². The number of hydrogen-bond acceptors (Lipinski definition) is 3. The van der Waals surface area contributed by atoms with Crippen molar-refractivity contribution >= 4 is 10.1 Å². The monoisotopic (exact) mass is 426 g/mol. The zero-order chi connectivity index (χ0) is 21.4. The molecule has 0 saturated carbocycles. The van der Waals surface area contributed by atoms with Crippen molar-refractivity contribution in [1.82, 2.24) is 0 Å². The summed E-state index contributed by atoms with van der Waals surface area (Å²) < 4.78 is 31.1. The van der Waals surface area contributed by atoms with Crippen molar-refractivity contribution in [3.63, 3.8) is 0 Å². The lowest BCUT2D eigenvalue weighted by atomic mass is 10.0. The smallest absolute Gasteiger partial charge is 0.294 e. The molecule has 1 rings (SSSR count). The van der Waals surface area contributed by atoms with E-state index >= 15 is 0 Å². The van der Waals surface area contributed by atoms with Gasteiger partial charge in [-0.15, -0.1) is 0 Å². The normalized spacial score (nSPS) is 11.8. The molecule has 0 aromatic heterocycles. The fraction of sp³-hybridized carbons (Fsp3) is 0.750. The summed E-state index contributed by atoms with van der Waals surface area (Å²) in [5.41, 5.74) is 0.739. The number of phenolic OH excluding ortho intramolecular Hbond substituents is 1. The third-order valence-electron chi connectivity index (χ3n) is 5.65. The molecule has 0 bridgehead atoms. The Morgan fingerprint density at radius 1 is 0.690 bits per heavy atom. The Morgan fingerprint density at radius 2 is 1.10 bits per heavy atom. The van der Waals surface area contributed by atoms with E-state index in [1.54, 1.807) is 6.07 Å². The van der Waals surface area contributed by atoms with Crippen LogP contribution in [-0.2, 0) is 16.5 Å². The molecular formula is C24H42O4S. The quantitative estimate of drug-likeness (QED) is 0.189.